The highest BCUT2D eigenvalue weighted by Crippen LogP contribution is 2.60. The highest BCUT2D eigenvalue weighted by atomic mass is 16.5. The topological polar surface area (TPSA) is 84.2 Å². The molecule has 2 N–H and O–H groups in total. The lowest BCUT2D eigenvalue weighted by atomic mass is 9.49. The van der Waals surface area contributed by atoms with Gasteiger partial charge >= 0.3 is 0 Å². The zero-order valence-corrected chi connectivity index (χ0v) is 16.6. The van der Waals surface area contributed by atoms with E-state index in [0.29, 0.717) is 23.5 Å². The summed E-state index contributed by atoms with van der Waals surface area (Å²) in [6.45, 7) is 6.08. The van der Waals surface area contributed by atoms with Gasteiger partial charge in [-0.05, 0) is 69.1 Å². The monoisotopic (exact) mass is 373 g/mol. The molecule has 27 heavy (non-hydrogen) atoms. The minimum atomic E-state index is -0.519. The standard InChI is InChI=1S/C21H31N3O3/c1-12(2)18(19(25)22-11-17-4-13(3)24-27-17)23-20(26)21-8-14-5-15(9-21)7-16(6-14)10-21/h4,12,14-16,18H,5-11H2,1-3H3,(H,22,25)(H,23,26). The van der Waals surface area contributed by atoms with Crippen molar-refractivity contribution in [2.45, 2.75) is 71.9 Å². The second-order valence-corrected chi connectivity index (χ2v) is 9.55. The molecule has 0 saturated heterocycles. The van der Waals surface area contributed by atoms with Gasteiger partial charge in [0.1, 0.15) is 6.04 Å². The lowest BCUT2D eigenvalue weighted by Crippen LogP contribution is -2.58. The molecule has 4 fully saturated rings. The van der Waals surface area contributed by atoms with E-state index in [0.717, 1.165) is 25.0 Å². The molecule has 0 aromatic carbocycles. The van der Waals surface area contributed by atoms with Crippen LogP contribution in [0.4, 0.5) is 0 Å². The number of nitrogens with zero attached hydrogens (tertiary/aromatic N) is 1. The van der Waals surface area contributed by atoms with E-state index in [-0.39, 0.29) is 29.7 Å². The Morgan fingerprint density at radius 3 is 2.26 bits per heavy atom. The van der Waals surface area contributed by atoms with Gasteiger partial charge in [0.25, 0.3) is 0 Å². The van der Waals surface area contributed by atoms with Crippen molar-refractivity contribution in [3.8, 4) is 0 Å². The van der Waals surface area contributed by atoms with E-state index in [4.69, 9.17) is 4.52 Å². The number of rotatable bonds is 6. The molecule has 1 heterocycles. The van der Waals surface area contributed by atoms with Crippen LogP contribution in [0.5, 0.6) is 0 Å². The third-order valence-corrected chi connectivity index (χ3v) is 6.87. The molecular formula is C21H31N3O3. The molecule has 148 valence electrons. The Bertz CT molecular complexity index is 689. The van der Waals surface area contributed by atoms with Crippen LogP contribution in [0.25, 0.3) is 0 Å². The second-order valence-electron chi connectivity index (χ2n) is 9.55. The largest absolute Gasteiger partial charge is 0.359 e. The predicted octanol–water partition coefficient (Wildman–Crippen LogP) is 2.96. The molecule has 2 amide bonds. The van der Waals surface area contributed by atoms with E-state index < -0.39 is 6.04 Å². The van der Waals surface area contributed by atoms with E-state index in [9.17, 15) is 9.59 Å². The van der Waals surface area contributed by atoms with Gasteiger partial charge in [-0.3, -0.25) is 9.59 Å². The molecule has 0 aliphatic heterocycles. The fraction of sp³-hybridized carbons (Fsp3) is 0.762. The number of nitrogens with one attached hydrogen (secondary N) is 2. The Labute approximate surface area is 160 Å². The molecular weight excluding hydrogens is 342 g/mol. The molecule has 6 nitrogen and oxygen atoms in total. The number of hydrogen-bond acceptors (Lipinski definition) is 4. The van der Waals surface area contributed by atoms with Crippen molar-refractivity contribution in [3.05, 3.63) is 17.5 Å². The molecule has 5 rings (SSSR count). The first-order valence-corrected chi connectivity index (χ1v) is 10.4. The van der Waals surface area contributed by atoms with Crippen LogP contribution < -0.4 is 10.6 Å². The molecule has 4 bridgehead atoms. The second kappa shape index (κ2) is 6.95. The Morgan fingerprint density at radius 1 is 1.19 bits per heavy atom. The maximum Gasteiger partial charge on any atom is 0.243 e. The number of aromatic nitrogens is 1. The minimum absolute atomic E-state index is 0.0272. The molecule has 4 aliphatic carbocycles. The highest BCUT2D eigenvalue weighted by Gasteiger charge is 2.55. The first kappa shape index (κ1) is 18.5. The minimum Gasteiger partial charge on any atom is -0.359 e. The maximum absolute atomic E-state index is 13.3. The van der Waals surface area contributed by atoms with Crippen molar-refractivity contribution in [1.29, 1.82) is 0 Å². The van der Waals surface area contributed by atoms with Crippen LogP contribution in [-0.2, 0) is 16.1 Å². The zero-order chi connectivity index (χ0) is 19.2. The third-order valence-electron chi connectivity index (χ3n) is 6.87. The van der Waals surface area contributed by atoms with Gasteiger partial charge in [-0.15, -0.1) is 0 Å². The summed E-state index contributed by atoms with van der Waals surface area (Å²) in [6.07, 6.45) is 6.93. The van der Waals surface area contributed by atoms with E-state index in [1.807, 2.05) is 20.8 Å². The summed E-state index contributed by atoms with van der Waals surface area (Å²) in [4.78, 5) is 26.0. The number of carbonyl (C=O) groups excluding carboxylic acids is 2. The normalized spacial score (nSPS) is 32.5. The van der Waals surface area contributed by atoms with Crippen molar-refractivity contribution in [1.82, 2.24) is 15.8 Å². The highest BCUT2D eigenvalue weighted by molar-refractivity contribution is 5.90. The quantitative estimate of drug-likeness (QED) is 0.803. The van der Waals surface area contributed by atoms with Gasteiger partial charge in [-0.1, -0.05) is 19.0 Å². The molecule has 0 radical (unpaired) electrons. The van der Waals surface area contributed by atoms with Gasteiger partial charge in [0.15, 0.2) is 5.76 Å². The van der Waals surface area contributed by atoms with Crippen LogP contribution in [0, 0.1) is 36.0 Å². The fourth-order valence-corrected chi connectivity index (χ4v) is 6.00. The first-order chi connectivity index (χ1) is 12.8. The number of carbonyl (C=O) groups is 2. The molecule has 1 unspecified atom stereocenters. The Balaban J connectivity index is 1.40. The fourth-order valence-electron chi connectivity index (χ4n) is 6.00. The van der Waals surface area contributed by atoms with E-state index in [1.54, 1.807) is 6.07 Å². The van der Waals surface area contributed by atoms with Crippen molar-refractivity contribution in [2.24, 2.45) is 29.1 Å². The molecule has 1 atom stereocenters. The maximum atomic E-state index is 13.3. The number of hydrogen-bond donors (Lipinski definition) is 2. The molecule has 4 saturated carbocycles. The smallest absolute Gasteiger partial charge is 0.243 e. The van der Waals surface area contributed by atoms with E-state index in [2.05, 4.69) is 15.8 Å². The van der Waals surface area contributed by atoms with Gasteiger partial charge in [0, 0.05) is 11.5 Å². The lowest BCUT2D eigenvalue weighted by molar-refractivity contribution is -0.149. The predicted molar refractivity (Wildman–Crippen MR) is 100 cm³/mol. The van der Waals surface area contributed by atoms with Gasteiger partial charge < -0.3 is 15.2 Å². The summed E-state index contributed by atoms with van der Waals surface area (Å²) in [5.74, 6) is 2.73. The van der Waals surface area contributed by atoms with Crippen LogP contribution in [0.15, 0.2) is 10.6 Å². The lowest BCUT2D eigenvalue weighted by Gasteiger charge is -2.55. The third kappa shape index (κ3) is 3.63. The zero-order valence-electron chi connectivity index (χ0n) is 16.6. The number of aryl methyl sites for hydroxylation is 1. The summed E-state index contributed by atoms with van der Waals surface area (Å²) in [5.41, 5.74) is 0.555. The van der Waals surface area contributed by atoms with Crippen molar-refractivity contribution < 1.29 is 14.1 Å². The molecule has 1 aromatic heterocycles. The van der Waals surface area contributed by atoms with Gasteiger partial charge in [0.2, 0.25) is 11.8 Å². The average molecular weight is 373 g/mol. The summed E-state index contributed by atoms with van der Waals surface area (Å²) >= 11 is 0. The van der Waals surface area contributed by atoms with Crippen molar-refractivity contribution in [3.63, 3.8) is 0 Å². The van der Waals surface area contributed by atoms with Gasteiger partial charge in [-0.25, -0.2) is 0 Å². The van der Waals surface area contributed by atoms with Crippen LogP contribution in [-0.4, -0.2) is 23.0 Å². The van der Waals surface area contributed by atoms with E-state index >= 15 is 0 Å². The Hall–Kier alpha value is -1.85. The average Bonchev–Trinajstić information content (AvgIpc) is 3.01. The van der Waals surface area contributed by atoms with Crippen LogP contribution in [0.3, 0.4) is 0 Å². The van der Waals surface area contributed by atoms with Gasteiger partial charge in [-0.2, -0.15) is 0 Å². The summed E-state index contributed by atoms with van der Waals surface area (Å²) in [6, 6.07) is 1.29. The van der Waals surface area contributed by atoms with Crippen molar-refractivity contribution in [2.75, 3.05) is 0 Å². The molecule has 6 heteroatoms. The number of amides is 2. The van der Waals surface area contributed by atoms with Gasteiger partial charge in [0.05, 0.1) is 12.2 Å². The van der Waals surface area contributed by atoms with Crippen molar-refractivity contribution >= 4 is 11.8 Å². The summed E-state index contributed by atoms with van der Waals surface area (Å²) in [7, 11) is 0. The SMILES string of the molecule is Cc1cc(CNC(=O)C(NC(=O)C23CC4CC(CC(C4)C2)C3)C(C)C)on1. The first-order valence-electron chi connectivity index (χ1n) is 10.4. The summed E-state index contributed by atoms with van der Waals surface area (Å²) in [5, 5.41) is 9.84. The van der Waals surface area contributed by atoms with Crippen LogP contribution >= 0.6 is 0 Å². The van der Waals surface area contributed by atoms with Crippen LogP contribution in [0.2, 0.25) is 0 Å². The Morgan fingerprint density at radius 2 is 1.78 bits per heavy atom. The molecule has 4 aliphatic rings. The molecule has 1 aromatic rings. The van der Waals surface area contributed by atoms with E-state index in [1.165, 1.54) is 19.3 Å². The Kier molecular flexibility index (Phi) is 4.77. The summed E-state index contributed by atoms with van der Waals surface area (Å²) < 4.78 is 5.15. The molecule has 0 spiro atoms. The van der Waals surface area contributed by atoms with Crippen LogP contribution in [0.1, 0.15) is 63.8 Å².